The third-order valence-electron chi connectivity index (χ3n) is 4.60. The van der Waals surface area contributed by atoms with Gasteiger partial charge in [-0.2, -0.15) is 0 Å². The second-order valence-corrected chi connectivity index (χ2v) is 5.99. The van der Waals surface area contributed by atoms with Crippen LogP contribution in [-0.2, 0) is 38.4 Å². The van der Waals surface area contributed by atoms with Crippen molar-refractivity contribution in [3.05, 3.63) is 48.8 Å². The molecule has 2 unspecified atom stereocenters. The van der Waals surface area contributed by atoms with E-state index < -0.39 is 0 Å². The van der Waals surface area contributed by atoms with Crippen molar-refractivity contribution < 1.29 is 31.1 Å². The molecular formula is C16H25N6O2W-. The molecule has 0 radical (unpaired) electrons. The minimum atomic E-state index is -0.131. The van der Waals surface area contributed by atoms with Crippen molar-refractivity contribution in [1.29, 1.82) is 0 Å². The quantitative estimate of drug-likeness (QED) is 0.467. The standard InChI is InChI=1S/C15H20N5.CH5NO2.W/c1-12-11-19(2)10-9-15(12,13-7-5-4-6-8-13)14-16-17-18-20(14)3;1-4-2-3;/h4-8,12H,2,9-11H2,1,3H3;2-3H,1H3;/q-1;;. The van der Waals surface area contributed by atoms with Crippen molar-refractivity contribution in [2.24, 2.45) is 13.0 Å². The topological polar surface area (TPSA) is 88.3 Å². The van der Waals surface area contributed by atoms with Gasteiger partial charge in [0.2, 0.25) is 0 Å². The predicted octanol–water partition coefficient (Wildman–Crippen LogP) is 1.15. The van der Waals surface area contributed by atoms with E-state index in [-0.39, 0.29) is 26.5 Å². The Kier molecular flexibility index (Phi) is 8.82. The first kappa shape index (κ1) is 21.9. The molecule has 1 saturated heterocycles. The minimum absolute atomic E-state index is 0. The molecule has 25 heavy (non-hydrogen) atoms. The summed E-state index contributed by atoms with van der Waals surface area (Å²) in [5.74, 6) is 1.35. The number of nitrogens with zero attached hydrogens (tertiary/aromatic N) is 5. The van der Waals surface area contributed by atoms with Crippen LogP contribution in [0.4, 0.5) is 0 Å². The molecule has 0 saturated carbocycles. The van der Waals surface area contributed by atoms with Crippen molar-refractivity contribution >= 4 is 0 Å². The maximum atomic E-state index is 7.40. The van der Waals surface area contributed by atoms with Gasteiger partial charge in [-0.05, 0) is 41.4 Å². The fraction of sp³-hybridized carbons (Fsp3) is 0.500. The molecule has 1 aromatic carbocycles. The van der Waals surface area contributed by atoms with Crippen LogP contribution < -0.4 is 5.64 Å². The second-order valence-electron chi connectivity index (χ2n) is 5.99. The van der Waals surface area contributed by atoms with E-state index in [1.54, 1.807) is 0 Å². The van der Waals surface area contributed by atoms with Gasteiger partial charge < -0.3 is 4.90 Å². The SMILES string of the molecule is CONO.[CH2-]N1CCC(c2ccccc2)(c2nnnn2C)C(C)C1.[W]. The molecule has 2 atom stereocenters. The first-order valence-electron chi connectivity index (χ1n) is 7.82. The molecule has 2 heterocycles. The predicted molar refractivity (Wildman–Crippen MR) is 88.7 cm³/mol. The van der Waals surface area contributed by atoms with Gasteiger partial charge in [0.1, 0.15) is 0 Å². The molecule has 2 N–H and O–H groups in total. The Morgan fingerprint density at radius 2 is 2.00 bits per heavy atom. The van der Waals surface area contributed by atoms with E-state index in [0.29, 0.717) is 5.92 Å². The van der Waals surface area contributed by atoms with E-state index in [1.807, 2.05) is 17.8 Å². The summed E-state index contributed by atoms with van der Waals surface area (Å²) in [6.07, 6.45) is 0.982. The zero-order chi connectivity index (χ0) is 17.6. The molecular weight excluding hydrogens is 492 g/mol. The molecule has 9 heteroatoms. The van der Waals surface area contributed by atoms with Gasteiger partial charge in [0.25, 0.3) is 0 Å². The largest absolute Gasteiger partial charge is 0.459 e. The van der Waals surface area contributed by atoms with Crippen LogP contribution in [0.5, 0.6) is 0 Å². The van der Waals surface area contributed by atoms with Gasteiger partial charge in [-0.1, -0.05) is 42.9 Å². The number of aryl methyl sites for hydroxylation is 1. The van der Waals surface area contributed by atoms with Crippen LogP contribution in [0, 0.1) is 13.0 Å². The molecule has 0 aliphatic carbocycles. The second kappa shape index (κ2) is 10.1. The van der Waals surface area contributed by atoms with E-state index in [9.17, 15) is 0 Å². The summed E-state index contributed by atoms with van der Waals surface area (Å²) in [5.41, 5.74) is 2.59. The van der Waals surface area contributed by atoms with Gasteiger partial charge in [-0.25, -0.2) is 4.68 Å². The molecule has 0 amide bonds. The Morgan fingerprint density at radius 1 is 1.36 bits per heavy atom. The van der Waals surface area contributed by atoms with Crippen molar-refractivity contribution in [2.75, 3.05) is 20.2 Å². The summed E-state index contributed by atoms with van der Waals surface area (Å²) in [6.45, 7) is 4.16. The average molecular weight is 517 g/mol. The Balaban J connectivity index is 0.000000568. The molecule has 3 rings (SSSR count). The zero-order valence-corrected chi connectivity index (χ0v) is 17.7. The third-order valence-corrected chi connectivity index (χ3v) is 4.60. The number of nitrogens with one attached hydrogen (secondary N) is 1. The molecule has 8 nitrogen and oxygen atoms in total. The molecule has 1 aromatic heterocycles. The van der Waals surface area contributed by atoms with Gasteiger partial charge in [0.05, 0.1) is 12.5 Å². The molecule has 138 valence electrons. The normalized spacial score (nSPS) is 23.3. The molecule has 1 aliphatic rings. The van der Waals surface area contributed by atoms with E-state index in [0.717, 1.165) is 25.3 Å². The van der Waals surface area contributed by atoms with Gasteiger partial charge >= 0.3 is 0 Å². The zero-order valence-electron chi connectivity index (χ0n) is 14.8. The van der Waals surface area contributed by atoms with Gasteiger partial charge in [-0.3, -0.25) is 17.1 Å². The van der Waals surface area contributed by atoms with Gasteiger partial charge in [0.15, 0.2) is 5.82 Å². The van der Waals surface area contributed by atoms with Crippen LogP contribution in [0.1, 0.15) is 24.7 Å². The molecule has 0 bridgehead atoms. The number of hydrogen-bond donors (Lipinski definition) is 2. The number of rotatable bonds is 3. The number of likely N-dealkylation sites (tertiary alicyclic amines) is 1. The van der Waals surface area contributed by atoms with E-state index in [2.05, 4.69) is 63.5 Å². The van der Waals surface area contributed by atoms with Gasteiger partial charge in [0, 0.05) is 28.1 Å². The smallest absolute Gasteiger partial charge is 0.161 e. The molecule has 2 aromatic rings. The minimum Gasteiger partial charge on any atom is -0.459 e. The molecule has 1 aliphatic heterocycles. The summed E-state index contributed by atoms with van der Waals surface area (Å²) >= 11 is 0. The molecule has 1 fully saturated rings. The van der Waals surface area contributed by atoms with Crippen LogP contribution in [0.3, 0.4) is 0 Å². The van der Waals surface area contributed by atoms with Crippen LogP contribution >= 0.6 is 0 Å². The van der Waals surface area contributed by atoms with Crippen molar-refractivity contribution in [1.82, 2.24) is 30.8 Å². The fourth-order valence-electron chi connectivity index (χ4n) is 3.45. The average Bonchev–Trinajstić information content (AvgIpc) is 3.03. The van der Waals surface area contributed by atoms with Crippen molar-refractivity contribution in [3.8, 4) is 0 Å². The number of benzene rings is 1. The van der Waals surface area contributed by atoms with Gasteiger partial charge in [-0.15, -0.1) is 5.10 Å². The Hall–Kier alpha value is -1.18. The Labute approximate surface area is 162 Å². The summed E-state index contributed by atoms with van der Waals surface area (Å²) in [4.78, 5) is 5.98. The number of piperidine rings is 1. The summed E-state index contributed by atoms with van der Waals surface area (Å²) in [7, 11) is 7.33. The maximum absolute atomic E-state index is 7.40. The van der Waals surface area contributed by atoms with Crippen LogP contribution in [0.25, 0.3) is 0 Å². The Bertz CT molecular complexity index is 624. The summed E-state index contributed by atoms with van der Waals surface area (Å²) in [6, 6.07) is 10.6. The first-order chi connectivity index (χ1) is 11.6. The monoisotopic (exact) mass is 517 g/mol. The number of hydrogen-bond acceptors (Lipinski definition) is 7. The van der Waals surface area contributed by atoms with E-state index in [4.69, 9.17) is 5.21 Å². The number of aromatic nitrogens is 4. The first-order valence-corrected chi connectivity index (χ1v) is 7.82. The summed E-state index contributed by atoms with van der Waals surface area (Å²) in [5, 5.41) is 19.6. The van der Waals surface area contributed by atoms with Crippen molar-refractivity contribution in [3.63, 3.8) is 0 Å². The van der Waals surface area contributed by atoms with E-state index in [1.165, 1.54) is 18.3 Å². The Morgan fingerprint density at radius 3 is 2.48 bits per heavy atom. The molecule has 0 spiro atoms. The fourth-order valence-corrected chi connectivity index (χ4v) is 3.45. The van der Waals surface area contributed by atoms with Crippen LogP contribution in [-0.4, -0.2) is 50.5 Å². The van der Waals surface area contributed by atoms with Crippen LogP contribution in [0.15, 0.2) is 30.3 Å². The van der Waals surface area contributed by atoms with Crippen molar-refractivity contribution in [2.45, 2.75) is 18.8 Å². The van der Waals surface area contributed by atoms with Crippen LogP contribution in [0.2, 0.25) is 0 Å². The summed E-state index contributed by atoms with van der Waals surface area (Å²) < 4.78 is 1.81. The number of tetrazole rings is 1. The maximum Gasteiger partial charge on any atom is 0.161 e. The van der Waals surface area contributed by atoms with E-state index >= 15 is 0 Å². The third kappa shape index (κ3) is 4.71.